The zero-order valence-corrected chi connectivity index (χ0v) is 34.0. The molecule has 0 aromatic heterocycles. The molecule has 0 aliphatic heterocycles. The number of nitrogens with one attached hydrogen (secondary N) is 2. The van der Waals surface area contributed by atoms with Crippen molar-refractivity contribution in [3.05, 3.63) is 132 Å². The topological polar surface area (TPSA) is 342 Å². The molecule has 0 aliphatic rings. The first-order valence-electron chi connectivity index (χ1n) is 14.4. The Kier molecular flexibility index (Phi) is 14.9. The molecule has 55 heavy (non-hydrogen) atoms. The van der Waals surface area contributed by atoms with Gasteiger partial charge < -0.3 is 20.6 Å². The van der Waals surface area contributed by atoms with Gasteiger partial charge in [-0.25, -0.2) is 16.8 Å². The third-order valence-corrected chi connectivity index (χ3v) is 8.53. The van der Waals surface area contributed by atoms with E-state index in [1.165, 1.54) is 48.5 Å². The van der Waals surface area contributed by atoms with E-state index < -0.39 is 56.9 Å². The number of nitrogens with two attached hydrogens (primary N) is 2. The van der Waals surface area contributed by atoms with Crippen LogP contribution in [0, 0.1) is 10.1 Å². The predicted molar refractivity (Wildman–Crippen MR) is 185 cm³/mol. The van der Waals surface area contributed by atoms with Crippen LogP contribution < -0.4 is 103 Å². The first-order chi connectivity index (χ1) is 25.0. The van der Waals surface area contributed by atoms with Crippen molar-refractivity contribution >= 4 is 71.4 Å². The summed E-state index contributed by atoms with van der Waals surface area (Å²) in [6, 6.07) is 17.5. The Balaban J connectivity index is 0.00000406. The third-order valence-electron chi connectivity index (χ3n) is 6.81. The third kappa shape index (κ3) is 11.5. The van der Waals surface area contributed by atoms with Crippen LogP contribution in [0.1, 0.15) is 0 Å². The fraction of sp³-hybridized carbons (Fsp3) is 0. The number of rotatable bonds is 11. The zero-order chi connectivity index (χ0) is 38.5. The Morgan fingerprint density at radius 1 is 0.655 bits per heavy atom. The Morgan fingerprint density at radius 3 is 1.85 bits per heavy atom. The molecule has 5 aromatic carbocycles. The van der Waals surface area contributed by atoms with Gasteiger partial charge >= 0.3 is 59.1 Å². The van der Waals surface area contributed by atoms with E-state index in [1.54, 1.807) is 0 Å². The van der Waals surface area contributed by atoms with Gasteiger partial charge in [-0.3, -0.25) is 30.6 Å². The molecule has 25 heteroatoms. The molecule has 0 bridgehead atoms. The molecule has 0 unspecified atom stereocenters. The van der Waals surface area contributed by atoms with Crippen molar-refractivity contribution in [2.45, 2.75) is 9.79 Å². The van der Waals surface area contributed by atoms with Crippen LogP contribution in [0.15, 0.2) is 141 Å². The van der Waals surface area contributed by atoms with Crippen LogP contribution in [0.25, 0.3) is 0 Å². The summed E-state index contributed by atoms with van der Waals surface area (Å²) >= 11 is 0. The Bertz CT molecular complexity index is 2800. The molecule has 0 saturated heterocycles. The normalized spacial score (nSPS) is 12.3. The maximum atomic E-state index is 13.0. The van der Waals surface area contributed by atoms with Gasteiger partial charge in [-0.05, 0) is 72.8 Å². The maximum absolute atomic E-state index is 13.0. The van der Waals surface area contributed by atoms with Crippen LogP contribution >= 0.6 is 0 Å². The van der Waals surface area contributed by atoms with E-state index in [4.69, 9.17) is 11.5 Å². The molecule has 270 valence electrons. The maximum Gasteiger partial charge on any atom is 1.00 e. The molecule has 21 nitrogen and oxygen atoms in total. The molecule has 0 amide bonds. The summed E-state index contributed by atoms with van der Waals surface area (Å²) in [5, 5.41) is 33.3. The molecular weight excluding hydrogens is 785 g/mol. The number of benzene rings is 5. The minimum absolute atomic E-state index is 0. The summed E-state index contributed by atoms with van der Waals surface area (Å²) in [6.07, 6.45) is 0. The Labute approximate surface area is 353 Å². The van der Waals surface area contributed by atoms with E-state index in [9.17, 15) is 45.6 Å². The summed E-state index contributed by atoms with van der Waals surface area (Å²) in [4.78, 5) is 34.4. The number of non-ortho nitro benzene ring substituents is 1. The standard InChI is InChI=1S/C30H23N11O10S2.2Na/c31-21-14-22(32)25(15-24(21)37-34-17-2-1-3-20(12-17)52(46,47)48)38-35-18-6-11-28(53(49,50)51)26(13-18)39-40-29-27(42)10-9-23(30(29)43)36-33-16-4-7-19(8-5-16)41(44)45;;/h1-15,33,39H,31-32H2,(H,46,47,48)(H,49,50,51);;/q;2*+1/p-2. The molecule has 0 radical (unpaired) electrons. The van der Waals surface area contributed by atoms with Gasteiger partial charge in [-0.2, -0.15) is 20.4 Å². The molecule has 0 atom stereocenters. The molecule has 0 aliphatic carbocycles. The second kappa shape index (κ2) is 18.5. The van der Waals surface area contributed by atoms with Crippen molar-refractivity contribution in [3.63, 3.8) is 0 Å². The van der Waals surface area contributed by atoms with Gasteiger partial charge in [0.25, 0.3) is 5.69 Å². The van der Waals surface area contributed by atoms with Gasteiger partial charge in [0.1, 0.15) is 37.0 Å². The van der Waals surface area contributed by atoms with Gasteiger partial charge in [0.05, 0.1) is 48.8 Å². The predicted octanol–water partition coefficient (Wildman–Crippen LogP) is -3.14. The van der Waals surface area contributed by atoms with Crippen LogP contribution in [0.3, 0.4) is 0 Å². The van der Waals surface area contributed by atoms with E-state index >= 15 is 0 Å². The van der Waals surface area contributed by atoms with Gasteiger partial charge in [-0.1, -0.05) is 6.07 Å². The van der Waals surface area contributed by atoms with Crippen molar-refractivity contribution in [3.8, 4) is 0 Å². The van der Waals surface area contributed by atoms with Crippen LogP contribution in [0.5, 0.6) is 0 Å². The monoisotopic (exact) mass is 805 g/mol. The van der Waals surface area contributed by atoms with Crippen molar-refractivity contribution < 1.29 is 90.0 Å². The molecule has 0 heterocycles. The van der Waals surface area contributed by atoms with Crippen molar-refractivity contribution in [1.29, 1.82) is 0 Å². The summed E-state index contributed by atoms with van der Waals surface area (Å²) in [5.74, 6) is 0. The second-order valence-corrected chi connectivity index (χ2v) is 13.2. The number of anilines is 4. The fourth-order valence-corrected chi connectivity index (χ4v) is 5.35. The largest absolute Gasteiger partial charge is 1.00 e. The number of nitrogens with zero attached hydrogens (tertiary/aromatic N) is 7. The first-order valence-corrected chi connectivity index (χ1v) is 17.2. The number of hydrogen-bond acceptors (Lipinski definition) is 20. The van der Waals surface area contributed by atoms with Crippen LogP contribution in [-0.4, -0.2) is 30.9 Å². The number of azo groups is 2. The van der Waals surface area contributed by atoms with Crippen molar-refractivity contribution in [2.75, 3.05) is 22.3 Å². The van der Waals surface area contributed by atoms with Gasteiger partial charge in [-0.15, -0.1) is 10.2 Å². The summed E-state index contributed by atoms with van der Waals surface area (Å²) in [5.41, 5.74) is 14.5. The fourth-order valence-electron chi connectivity index (χ4n) is 4.23. The van der Waals surface area contributed by atoms with E-state index in [0.717, 1.165) is 42.5 Å². The molecule has 6 N–H and O–H groups in total. The molecule has 5 aromatic rings. The second-order valence-electron chi connectivity index (χ2n) is 10.5. The average molecular weight is 806 g/mol. The van der Waals surface area contributed by atoms with Crippen LogP contribution in [-0.2, 0) is 20.2 Å². The van der Waals surface area contributed by atoms with E-state index in [0.29, 0.717) is 0 Å². The Hall–Kier alpha value is -5.08. The van der Waals surface area contributed by atoms with Gasteiger partial charge in [0.2, 0.25) is 10.9 Å². The average Bonchev–Trinajstić information content (AvgIpc) is 3.10. The summed E-state index contributed by atoms with van der Waals surface area (Å²) < 4.78 is 69.9. The number of nitro benzene ring substituents is 1. The minimum Gasteiger partial charge on any atom is -0.744 e. The minimum atomic E-state index is -5.13. The smallest absolute Gasteiger partial charge is 0.744 e. The van der Waals surface area contributed by atoms with E-state index in [2.05, 4.69) is 41.5 Å². The first kappa shape index (κ1) is 44.3. The van der Waals surface area contributed by atoms with Crippen LogP contribution in [0.4, 0.5) is 51.2 Å². The summed E-state index contributed by atoms with van der Waals surface area (Å²) in [7, 11) is -9.88. The Morgan fingerprint density at radius 2 is 1.27 bits per heavy atom. The molecule has 0 spiro atoms. The van der Waals surface area contributed by atoms with E-state index in [-0.39, 0.29) is 110 Å². The molecular formula is C30H21N11Na2O10S2. The number of nitro groups is 1. The molecule has 0 saturated carbocycles. The van der Waals surface area contributed by atoms with Crippen molar-refractivity contribution in [2.24, 2.45) is 30.7 Å². The number of hydrogen-bond donors (Lipinski definition) is 4. The van der Waals surface area contributed by atoms with E-state index in [1.807, 2.05) is 0 Å². The quantitative estimate of drug-likeness (QED) is 0.0256. The SMILES string of the molecule is Nc1cc(N)c(N=Nc2ccc(S(=O)(=O)[O-])c(NN=c3c(=O)ccc(=NNc4ccc([N+](=O)[O-])cc4)c3=O)c2)cc1N=Nc1cccc(S(=O)(=O)[O-])c1.[Na+].[Na+]. The van der Waals surface area contributed by atoms with Crippen LogP contribution in [0.2, 0.25) is 0 Å². The summed E-state index contributed by atoms with van der Waals surface area (Å²) in [6.45, 7) is 0. The van der Waals surface area contributed by atoms with Gasteiger partial charge in [0, 0.05) is 12.1 Å². The number of nitrogen functional groups attached to an aromatic ring is 2. The zero-order valence-electron chi connectivity index (χ0n) is 28.3. The molecule has 5 rings (SSSR count). The molecule has 0 fully saturated rings. The van der Waals surface area contributed by atoms with Crippen molar-refractivity contribution in [1.82, 2.24) is 0 Å². The van der Waals surface area contributed by atoms with Gasteiger partial charge in [0.15, 0.2) is 5.36 Å².